The maximum Gasteiger partial charge on any atom is 0.251 e. The lowest BCUT2D eigenvalue weighted by Crippen LogP contribution is -2.26. The van der Waals surface area contributed by atoms with Crippen molar-refractivity contribution in [3.05, 3.63) is 39.5 Å². The van der Waals surface area contributed by atoms with Gasteiger partial charge < -0.3 is 10.6 Å². The summed E-state index contributed by atoms with van der Waals surface area (Å²) in [5.74, 6) is 0.617. The second kappa shape index (κ2) is 6.47. The zero-order chi connectivity index (χ0) is 14.5. The van der Waals surface area contributed by atoms with Gasteiger partial charge in [-0.05, 0) is 26.0 Å². The zero-order valence-corrected chi connectivity index (χ0v) is 12.7. The SMILES string of the molecule is CNc1cc(C(=O)NCCc2nc(C)cs2)cc(C)n1. The molecule has 0 fully saturated rings. The quantitative estimate of drug-likeness (QED) is 0.885. The van der Waals surface area contributed by atoms with Crippen LogP contribution in [0, 0.1) is 13.8 Å². The van der Waals surface area contributed by atoms with Crippen molar-refractivity contribution in [2.24, 2.45) is 0 Å². The third kappa shape index (κ3) is 3.77. The summed E-state index contributed by atoms with van der Waals surface area (Å²) in [6.07, 6.45) is 0.757. The maximum absolute atomic E-state index is 12.1. The Bertz CT molecular complexity index is 609. The Morgan fingerprint density at radius 3 is 2.70 bits per heavy atom. The maximum atomic E-state index is 12.1. The van der Waals surface area contributed by atoms with Gasteiger partial charge in [0.25, 0.3) is 5.91 Å². The van der Waals surface area contributed by atoms with Crippen LogP contribution < -0.4 is 10.6 Å². The van der Waals surface area contributed by atoms with Crippen LogP contribution >= 0.6 is 11.3 Å². The number of carbonyl (C=O) groups excluding carboxylic acids is 1. The number of nitrogens with zero attached hydrogens (tertiary/aromatic N) is 2. The minimum absolute atomic E-state index is 0.0831. The van der Waals surface area contributed by atoms with E-state index in [-0.39, 0.29) is 5.91 Å². The van der Waals surface area contributed by atoms with Crippen molar-refractivity contribution in [1.29, 1.82) is 0 Å². The van der Waals surface area contributed by atoms with E-state index >= 15 is 0 Å². The molecule has 2 N–H and O–H groups in total. The first-order chi connectivity index (χ1) is 9.58. The standard InChI is InChI=1S/C14H18N4OS/c1-9-6-11(7-12(15-3)17-9)14(19)16-5-4-13-18-10(2)8-20-13/h6-8H,4-5H2,1-3H3,(H,15,17)(H,16,19). The van der Waals surface area contributed by atoms with Crippen molar-refractivity contribution in [3.8, 4) is 0 Å². The van der Waals surface area contributed by atoms with Crippen LogP contribution in [0.1, 0.15) is 26.8 Å². The monoisotopic (exact) mass is 290 g/mol. The highest BCUT2D eigenvalue weighted by atomic mass is 32.1. The van der Waals surface area contributed by atoms with Gasteiger partial charge in [0, 0.05) is 42.3 Å². The largest absolute Gasteiger partial charge is 0.373 e. The van der Waals surface area contributed by atoms with Crippen molar-refractivity contribution in [3.63, 3.8) is 0 Å². The average Bonchev–Trinajstić information content (AvgIpc) is 2.83. The van der Waals surface area contributed by atoms with E-state index in [2.05, 4.69) is 20.6 Å². The van der Waals surface area contributed by atoms with E-state index in [1.54, 1.807) is 30.5 Å². The molecular formula is C14H18N4OS. The third-order valence-corrected chi connectivity index (χ3v) is 3.79. The fourth-order valence-electron chi connectivity index (χ4n) is 1.83. The van der Waals surface area contributed by atoms with E-state index in [9.17, 15) is 4.79 Å². The Kier molecular flexibility index (Phi) is 4.68. The molecule has 0 bridgehead atoms. The molecule has 0 radical (unpaired) electrons. The summed E-state index contributed by atoms with van der Waals surface area (Å²) in [7, 11) is 1.79. The number of aryl methyl sites for hydroxylation is 2. The fraction of sp³-hybridized carbons (Fsp3) is 0.357. The summed E-state index contributed by atoms with van der Waals surface area (Å²) in [6.45, 7) is 4.43. The van der Waals surface area contributed by atoms with Crippen LogP contribution in [0.15, 0.2) is 17.5 Å². The lowest BCUT2D eigenvalue weighted by molar-refractivity contribution is 0.0954. The molecule has 0 spiro atoms. The third-order valence-electron chi connectivity index (χ3n) is 2.76. The Balaban J connectivity index is 1.93. The summed E-state index contributed by atoms with van der Waals surface area (Å²) in [5, 5.41) is 8.92. The predicted molar refractivity (Wildman–Crippen MR) is 81.4 cm³/mol. The van der Waals surface area contributed by atoms with Crippen LogP contribution in [0.25, 0.3) is 0 Å². The summed E-state index contributed by atoms with van der Waals surface area (Å²) in [6, 6.07) is 3.53. The second-order valence-electron chi connectivity index (χ2n) is 4.52. The van der Waals surface area contributed by atoms with Crippen LogP contribution in [-0.4, -0.2) is 29.5 Å². The van der Waals surface area contributed by atoms with Crippen molar-refractivity contribution >= 4 is 23.1 Å². The smallest absolute Gasteiger partial charge is 0.251 e. The Morgan fingerprint density at radius 1 is 1.25 bits per heavy atom. The van der Waals surface area contributed by atoms with Gasteiger partial charge in [0.1, 0.15) is 5.82 Å². The van der Waals surface area contributed by atoms with Gasteiger partial charge in [0.15, 0.2) is 0 Å². The number of aromatic nitrogens is 2. The molecule has 6 heteroatoms. The normalized spacial score (nSPS) is 10.3. The van der Waals surface area contributed by atoms with Crippen LogP contribution in [0.4, 0.5) is 5.82 Å². The van der Waals surface area contributed by atoms with E-state index in [1.807, 2.05) is 19.2 Å². The molecule has 2 aromatic heterocycles. The van der Waals surface area contributed by atoms with Gasteiger partial charge in [-0.2, -0.15) is 0 Å². The number of rotatable bonds is 5. The molecule has 2 rings (SSSR count). The van der Waals surface area contributed by atoms with Gasteiger partial charge in [-0.15, -0.1) is 11.3 Å². The van der Waals surface area contributed by atoms with Crippen molar-refractivity contribution in [2.45, 2.75) is 20.3 Å². The molecule has 0 saturated carbocycles. The number of amides is 1. The van der Waals surface area contributed by atoms with E-state index in [0.29, 0.717) is 17.9 Å². The molecule has 5 nitrogen and oxygen atoms in total. The summed E-state index contributed by atoms with van der Waals surface area (Å²) in [5.41, 5.74) is 2.47. The molecule has 0 aliphatic rings. The molecule has 20 heavy (non-hydrogen) atoms. The van der Waals surface area contributed by atoms with Crippen molar-refractivity contribution < 1.29 is 4.79 Å². The zero-order valence-electron chi connectivity index (χ0n) is 11.9. The number of pyridine rings is 1. The molecule has 0 unspecified atom stereocenters. The number of nitrogens with one attached hydrogen (secondary N) is 2. The van der Waals surface area contributed by atoms with Crippen LogP contribution in [-0.2, 0) is 6.42 Å². The molecule has 0 aromatic carbocycles. The minimum atomic E-state index is -0.0831. The Labute approximate surface area is 122 Å². The van der Waals surface area contributed by atoms with Gasteiger partial charge in [-0.3, -0.25) is 4.79 Å². The van der Waals surface area contributed by atoms with E-state index in [4.69, 9.17) is 0 Å². The predicted octanol–water partition coefficient (Wildman–Crippen LogP) is 2.17. The lowest BCUT2D eigenvalue weighted by Gasteiger charge is -2.07. The minimum Gasteiger partial charge on any atom is -0.373 e. The fourth-order valence-corrected chi connectivity index (χ4v) is 2.61. The molecule has 0 saturated heterocycles. The lowest BCUT2D eigenvalue weighted by atomic mass is 10.2. The first-order valence-electron chi connectivity index (χ1n) is 6.44. The summed E-state index contributed by atoms with van der Waals surface area (Å²) < 4.78 is 0. The van der Waals surface area contributed by atoms with Crippen LogP contribution in [0.2, 0.25) is 0 Å². The number of thiazole rings is 1. The van der Waals surface area contributed by atoms with E-state index in [0.717, 1.165) is 22.8 Å². The number of hydrogen-bond acceptors (Lipinski definition) is 5. The van der Waals surface area contributed by atoms with Gasteiger partial charge in [-0.1, -0.05) is 0 Å². The highest BCUT2D eigenvalue weighted by Gasteiger charge is 2.08. The molecule has 0 aliphatic heterocycles. The molecular weight excluding hydrogens is 272 g/mol. The number of hydrogen-bond donors (Lipinski definition) is 2. The van der Waals surface area contributed by atoms with Gasteiger partial charge >= 0.3 is 0 Å². The topological polar surface area (TPSA) is 66.9 Å². The second-order valence-corrected chi connectivity index (χ2v) is 5.46. The first-order valence-corrected chi connectivity index (χ1v) is 7.32. The molecule has 2 heterocycles. The Morgan fingerprint density at radius 2 is 2.05 bits per heavy atom. The van der Waals surface area contributed by atoms with Crippen LogP contribution in [0.5, 0.6) is 0 Å². The molecule has 0 atom stereocenters. The van der Waals surface area contributed by atoms with E-state index < -0.39 is 0 Å². The van der Waals surface area contributed by atoms with Crippen molar-refractivity contribution in [1.82, 2.24) is 15.3 Å². The first kappa shape index (κ1) is 14.5. The molecule has 2 aromatic rings. The highest BCUT2D eigenvalue weighted by molar-refractivity contribution is 7.09. The summed E-state index contributed by atoms with van der Waals surface area (Å²) >= 11 is 1.62. The highest BCUT2D eigenvalue weighted by Crippen LogP contribution is 2.10. The molecule has 0 aliphatic carbocycles. The van der Waals surface area contributed by atoms with E-state index in [1.165, 1.54) is 0 Å². The molecule has 1 amide bonds. The van der Waals surface area contributed by atoms with Gasteiger partial charge in [-0.25, -0.2) is 9.97 Å². The number of carbonyl (C=O) groups is 1. The van der Waals surface area contributed by atoms with Crippen LogP contribution in [0.3, 0.4) is 0 Å². The van der Waals surface area contributed by atoms with Gasteiger partial charge in [0.2, 0.25) is 0 Å². The Hall–Kier alpha value is -1.95. The average molecular weight is 290 g/mol. The number of anilines is 1. The van der Waals surface area contributed by atoms with Gasteiger partial charge in [0.05, 0.1) is 5.01 Å². The summed E-state index contributed by atoms with van der Waals surface area (Å²) in [4.78, 5) is 20.7. The van der Waals surface area contributed by atoms with Crippen molar-refractivity contribution in [2.75, 3.05) is 18.9 Å². The molecule has 106 valence electrons.